The zero-order valence-electron chi connectivity index (χ0n) is 19.4. The van der Waals surface area contributed by atoms with Crippen molar-refractivity contribution in [2.75, 3.05) is 14.2 Å². The number of hydrogen-bond donors (Lipinski definition) is 0. The first-order valence-electron chi connectivity index (χ1n) is 11.0. The fourth-order valence-electron chi connectivity index (χ4n) is 3.85. The minimum Gasteiger partial charge on any atom is -0.493 e. The number of ether oxygens (including phenoxy) is 2. The molecule has 36 heavy (non-hydrogen) atoms. The molecule has 0 spiro atoms. The van der Waals surface area contributed by atoms with Crippen LogP contribution in [0.1, 0.15) is 11.3 Å². The maximum absolute atomic E-state index is 13.3. The van der Waals surface area contributed by atoms with E-state index in [1.54, 1.807) is 37.1 Å². The van der Waals surface area contributed by atoms with E-state index in [0.717, 1.165) is 5.56 Å². The second kappa shape index (κ2) is 10.3. The quantitative estimate of drug-likeness (QED) is 0.209. The number of hydrogen-bond acceptors (Lipinski definition) is 8. The average Bonchev–Trinajstić information content (AvgIpc) is 3.36. The number of benzene rings is 1. The van der Waals surface area contributed by atoms with Crippen molar-refractivity contribution in [3.8, 4) is 11.5 Å². The van der Waals surface area contributed by atoms with Crippen molar-refractivity contribution in [3.63, 3.8) is 0 Å². The van der Waals surface area contributed by atoms with Crippen LogP contribution >= 0.6 is 34.7 Å². The third kappa shape index (κ3) is 4.84. The van der Waals surface area contributed by atoms with Gasteiger partial charge in [-0.05, 0) is 47.7 Å². The van der Waals surface area contributed by atoms with E-state index < -0.39 is 0 Å². The minimum absolute atomic E-state index is 0.0841. The van der Waals surface area contributed by atoms with Crippen molar-refractivity contribution in [2.45, 2.75) is 23.9 Å². The van der Waals surface area contributed by atoms with Gasteiger partial charge in [-0.1, -0.05) is 29.4 Å². The lowest BCUT2D eigenvalue weighted by molar-refractivity contribution is 0.354. The van der Waals surface area contributed by atoms with Gasteiger partial charge < -0.3 is 9.47 Å². The lowest BCUT2D eigenvalue weighted by atomic mass is 10.1. The molecular weight excluding hydrogens is 520 g/mol. The molecule has 5 rings (SSSR count). The molecule has 8 nitrogen and oxygen atoms in total. The smallest absolute Gasteiger partial charge is 0.272 e. The largest absolute Gasteiger partial charge is 0.493 e. The Morgan fingerprint density at radius 2 is 1.86 bits per heavy atom. The summed E-state index contributed by atoms with van der Waals surface area (Å²) >= 11 is 8.76. The molecule has 0 aliphatic rings. The summed E-state index contributed by atoms with van der Waals surface area (Å²) in [4.78, 5) is 35.2. The summed E-state index contributed by atoms with van der Waals surface area (Å²) in [6, 6.07) is 12.4. The molecule has 4 aromatic heterocycles. The highest BCUT2D eigenvalue weighted by atomic mass is 35.5. The topological polar surface area (TPSA) is 87.7 Å². The van der Waals surface area contributed by atoms with Gasteiger partial charge in [0.05, 0.1) is 30.5 Å². The highest BCUT2D eigenvalue weighted by molar-refractivity contribution is 7.98. The summed E-state index contributed by atoms with van der Waals surface area (Å²) in [5.41, 5.74) is 2.47. The van der Waals surface area contributed by atoms with E-state index in [-0.39, 0.29) is 11.1 Å². The Hall–Kier alpha value is -3.34. The lowest BCUT2D eigenvalue weighted by Crippen LogP contribution is -2.23. The molecule has 0 atom stereocenters. The van der Waals surface area contributed by atoms with Gasteiger partial charge in [0.2, 0.25) is 0 Å². The zero-order valence-corrected chi connectivity index (χ0v) is 21.8. The van der Waals surface area contributed by atoms with Gasteiger partial charge >= 0.3 is 0 Å². The van der Waals surface area contributed by atoms with Crippen molar-refractivity contribution in [3.05, 3.63) is 91.0 Å². The van der Waals surface area contributed by atoms with Crippen molar-refractivity contribution in [1.29, 1.82) is 0 Å². The number of aryl methyl sites for hydroxylation is 1. The van der Waals surface area contributed by atoms with Crippen LogP contribution in [0, 0.1) is 0 Å². The van der Waals surface area contributed by atoms with Crippen LogP contribution in [0.2, 0.25) is 5.02 Å². The fourth-order valence-corrected chi connectivity index (χ4v) is 5.70. The third-order valence-corrected chi connectivity index (χ3v) is 7.75. The molecule has 0 saturated carbocycles. The molecule has 11 heteroatoms. The van der Waals surface area contributed by atoms with Crippen LogP contribution in [0.5, 0.6) is 11.5 Å². The number of aromatic nitrogens is 4. The lowest BCUT2D eigenvalue weighted by Gasteiger charge is -2.13. The number of nitrogens with zero attached hydrogens (tertiary/aromatic N) is 4. The predicted octanol–water partition coefficient (Wildman–Crippen LogP) is 4.67. The van der Waals surface area contributed by atoms with Crippen LogP contribution in [0.4, 0.5) is 0 Å². The van der Waals surface area contributed by atoms with Gasteiger partial charge in [-0.2, -0.15) is 0 Å². The van der Waals surface area contributed by atoms with Gasteiger partial charge in [0.25, 0.3) is 11.1 Å². The van der Waals surface area contributed by atoms with Gasteiger partial charge in [-0.25, -0.2) is 9.97 Å². The number of rotatable bonds is 8. The minimum atomic E-state index is -0.217. The predicted molar refractivity (Wildman–Crippen MR) is 143 cm³/mol. The van der Waals surface area contributed by atoms with E-state index >= 15 is 0 Å². The summed E-state index contributed by atoms with van der Waals surface area (Å²) in [5.74, 6) is 1.67. The van der Waals surface area contributed by atoms with Crippen molar-refractivity contribution in [1.82, 2.24) is 18.9 Å². The summed E-state index contributed by atoms with van der Waals surface area (Å²) in [5, 5.41) is 2.90. The number of pyridine rings is 1. The van der Waals surface area contributed by atoms with Gasteiger partial charge in [-0.3, -0.25) is 18.6 Å². The number of methoxy groups -OCH3 is 2. The Kier molecular flexibility index (Phi) is 6.99. The molecule has 0 aliphatic carbocycles. The van der Waals surface area contributed by atoms with Crippen LogP contribution in [0.25, 0.3) is 15.9 Å². The molecule has 0 amide bonds. The first-order valence-corrected chi connectivity index (χ1v) is 13.2. The first kappa shape index (κ1) is 24.4. The highest BCUT2D eigenvalue weighted by Crippen LogP contribution is 2.28. The summed E-state index contributed by atoms with van der Waals surface area (Å²) in [6.07, 6.45) is 2.14. The normalized spacial score (nSPS) is 11.3. The van der Waals surface area contributed by atoms with Crippen LogP contribution in [0.15, 0.2) is 68.8 Å². The van der Waals surface area contributed by atoms with E-state index in [4.69, 9.17) is 26.1 Å². The molecule has 0 radical (unpaired) electrons. The zero-order chi connectivity index (χ0) is 25.2. The van der Waals surface area contributed by atoms with E-state index in [1.807, 2.05) is 29.6 Å². The maximum Gasteiger partial charge on any atom is 0.272 e. The molecule has 0 saturated heterocycles. The van der Waals surface area contributed by atoms with E-state index in [2.05, 4.69) is 4.98 Å². The van der Waals surface area contributed by atoms with E-state index in [9.17, 15) is 9.59 Å². The molecule has 4 heterocycles. The van der Waals surface area contributed by atoms with Crippen LogP contribution < -0.4 is 20.6 Å². The Labute approximate surface area is 219 Å². The van der Waals surface area contributed by atoms with Crippen LogP contribution in [0.3, 0.4) is 0 Å². The van der Waals surface area contributed by atoms with E-state index in [0.29, 0.717) is 62.0 Å². The number of thioether (sulfide) groups is 1. The highest BCUT2D eigenvalue weighted by Gasteiger charge is 2.15. The molecule has 0 N–H and O–H groups in total. The average molecular weight is 541 g/mol. The summed E-state index contributed by atoms with van der Waals surface area (Å²) in [6.45, 7) is 0.434. The Bertz CT molecular complexity index is 1700. The van der Waals surface area contributed by atoms with Gasteiger partial charge in [0.1, 0.15) is 10.3 Å². The Morgan fingerprint density at radius 1 is 1.03 bits per heavy atom. The van der Waals surface area contributed by atoms with Gasteiger partial charge in [-0.15, -0.1) is 11.3 Å². The molecule has 0 fully saturated rings. The SMILES string of the molecule is COc1ccc(CCn2c(SCc3cc(=O)n4cc(Cl)ccc4n3)nc3ccsc3c2=O)cc1OC. The Balaban J connectivity index is 1.44. The second-order valence-electron chi connectivity index (χ2n) is 7.88. The van der Waals surface area contributed by atoms with Crippen molar-refractivity contribution in [2.24, 2.45) is 0 Å². The molecule has 1 aromatic carbocycles. The standard InChI is InChI=1S/C25H21ClN4O4S2/c1-33-19-5-3-15(11-20(19)34-2)7-9-29-24(32)23-18(8-10-35-23)28-25(29)36-14-17-12-22(31)30-13-16(26)4-6-21(30)27-17/h3-6,8,10-13H,7,9,14H2,1-2H3. The number of thiophene rings is 1. The van der Waals surface area contributed by atoms with Crippen LogP contribution in [-0.2, 0) is 18.7 Å². The molecule has 184 valence electrons. The molecule has 0 bridgehead atoms. The molecule has 0 aliphatic heterocycles. The molecular formula is C25H21ClN4O4S2. The summed E-state index contributed by atoms with van der Waals surface area (Å²) in [7, 11) is 3.19. The fraction of sp³-hybridized carbons (Fsp3) is 0.200. The monoisotopic (exact) mass is 540 g/mol. The van der Waals surface area contributed by atoms with Crippen LogP contribution in [-0.4, -0.2) is 33.2 Å². The second-order valence-corrected chi connectivity index (χ2v) is 10.2. The van der Waals surface area contributed by atoms with Gasteiger partial charge in [0, 0.05) is 24.6 Å². The maximum atomic E-state index is 13.3. The first-order chi connectivity index (χ1) is 17.5. The van der Waals surface area contributed by atoms with Crippen molar-refractivity contribution < 1.29 is 9.47 Å². The number of halogens is 1. The van der Waals surface area contributed by atoms with Gasteiger partial charge in [0.15, 0.2) is 16.7 Å². The molecule has 0 unspecified atom stereocenters. The number of fused-ring (bicyclic) bond motifs is 2. The summed E-state index contributed by atoms with van der Waals surface area (Å²) < 4.78 is 14.4. The third-order valence-electron chi connectivity index (χ3n) is 5.63. The molecule has 5 aromatic rings. The van der Waals surface area contributed by atoms with Crippen molar-refractivity contribution >= 4 is 50.6 Å². The van der Waals surface area contributed by atoms with E-state index in [1.165, 1.54) is 33.6 Å². The Morgan fingerprint density at radius 3 is 2.67 bits per heavy atom.